The van der Waals surface area contributed by atoms with E-state index < -0.39 is 0 Å². The minimum Gasteiger partial charge on any atom is -0.508 e. The highest BCUT2D eigenvalue weighted by molar-refractivity contribution is 5.80. The molecule has 18 heavy (non-hydrogen) atoms. The first-order chi connectivity index (χ1) is 8.58. The highest BCUT2D eigenvalue weighted by Crippen LogP contribution is 2.18. The fourth-order valence-corrected chi connectivity index (χ4v) is 2.29. The predicted octanol–water partition coefficient (Wildman–Crippen LogP) is 1.14. The van der Waals surface area contributed by atoms with Crippen LogP contribution in [0.1, 0.15) is 19.4 Å². The molecular formula is C14H20N2O2. The van der Waals surface area contributed by atoms with Gasteiger partial charge >= 0.3 is 0 Å². The molecule has 2 rings (SSSR count). The number of hydrogen-bond acceptors (Lipinski definition) is 3. The van der Waals surface area contributed by atoms with Crippen LogP contribution in [0.5, 0.6) is 5.75 Å². The van der Waals surface area contributed by atoms with Gasteiger partial charge in [0.2, 0.25) is 5.91 Å². The molecule has 0 saturated carbocycles. The van der Waals surface area contributed by atoms with Crippen LogP contribution in [0, 0.1) is 0 Å². The highest BCUT2D eigenvalue weighted by Gasteiger charge is 2.26. The van der Waals surface area contributed by atoms with E-state index in [1.807, 2.05) is 17.9 Å². The van der Waals surface area contributed by atoms with Crippen LogP contribution in [0.25, 0.3) is 0 Å². The number of amides is 1. The van der Waals surface area contributed by atoms with Crippen LogP contribution in [-0.4, -0.2) is 41.1 Å². The fraction of sp³-hybridized carbons (Fsp3) is 0.500. The van der Waals surface area contributed by atoms with Gasteiger partial charge in [0.15, 0.2) is 0 Å². The number of phenols is 1. The van der Waals surface area contributed by atoms with E-state index in [0.29, 0.717) is 11.6 Å². The molecule has 2 unspecified atom stereocenters. The summed E-state index contributed by atoms with van der Waals surface area (Å²) in [5, 5.41) is 13.0. The van der Waals surface area contributed by atoms with Crippen molar-refractivity contribution in [2.24, 2.45) is 0 Å². The molecule has 1 saturated heterocycles. The lowest BCUT2D eigenvalue weighted by atomic mass is 10.1. The monoisotopic (exact) mass is 248 g/mol. The number of carbonyl (C=O) groups excluding carboxylic acids is 1. The first-order valence-corrected chi connectivity index (χ1v) is 6.37. The van der Waals surface area contributed by atoms with Crippen molar-refractivity contribution in [3.63, 3.8) is 0 Å². The third kappa shape index (κ3) is 2.82. The van der Waals surface area contributed by atoms with Crippen molar-refractivity contribution in [1.82, 2.24) is 10.2 Å². The minimum absolute atomic E-state index is 0.0809. The summed E-state index contributed by atoms with van der Waals surface area (Å²) in [4.78, 5) is 14.2. The van der Waals surface area contributed by atoms with Crippen molar-refractivity contribution in [3.8, 4) is 5.75 Å². The summed E-state index contributed by atoms with van der Waals surface area (Å²) < 4.78 is 0. The minimum atomic E-state index is 0.0809. The van der Waals surface area contributed by atoms with E-state index in [1.165, 1.54) is 0 Å². The van der Waals surface area contributed by atoms with Gasteiger partial charge in [-0.1, -0.05) is 18.2 Å². The van der Waals surface area contributed by atoms with Gasteiger partial charge in [-0.15, -0.1) is 0 Å². The van der Waals surface area contributed by atoms with Gasteiger partial charge in [-0.3, -0.25) is 4.79 Å². The Labute approximate surface area is 108 Å². The molecule has 0 spiro atoms. The Morgan fingerprint density at radius 3 is 2.89 bits per heavy atom. The maximum atomic E-state index is 12.3. The molecule has 98 valence electrons. The van der Waals surface area contributed by atoms with Gasteiger partial charge in [0.25, 0.3) is 0 Å². The number of carbonyl (C=O) groups is 1. The zero-order chi connectivity index (χ0) is 13.1. The Balaban J connectivity index is 2.05. The van der Waals surface area contributed by atoms with Gasteiger partial charge in [-0.25, -0.2) is 0 Å². The van der Waals surface area contributed by atoms with E-state index in [9.17, 15) is 9.90 Å². The molecule has 0 bridgehead atoms. The van der Waals surface area contributed by atoms with Gasteiger partial charge in [0.05, 0.1) is 6.42 Å². The molecule has 4 nitrogen and oxygen atoms in total. The topological polar surface area (TPSA) is 52.6 Å². The predicted molar refractivity (Wildman–Crippen MR) is 70.5 cm³/mol. The van der Waals surface area contributed by atoms with Crippen LogP contribution in [-0.2, 0) is 11.2 Å². The molecular weight excluding hydrogens is 228 g/mol. The lowest BCUT2D eigenvalue weighted by Gasteiger charge is -2.37. The van der Waals surface area contributed by atoms with Crippen molar-refractivity contribution in [2.75, 3.05) is 13.1 Å². The summed E-state index contributed by atoms with van der Waals surface area (Å²) in [6.45, 7) is 5.68. The molecule has 4 heteroatoms. The second kappa shape index (κ2) is 5.40. The molecule has 2 atom stereocenters. The molecule has 1 aromatic rings. The summed E-state index contributed by atoms with van der Waals surface area (Å²) in [6.07, 6.45) is 0.268. The molecule has 2 N–H and O–H groups in total. The second-order valence-corrected chi connectivity index (χ2v) is 5.01. The largest absolute Gasteiger partial charge is 0.508 e. The zero-order valence-corrected chi connectivity index (χ0v) is 10.9. The highest BCUT2D eigenvalue weighted by atomic mass is 16.3. The summed E-state index contributed by atoms with van der Waals surface area (Å²) >= 11 is 0. The number of rotatable bonds is 2. The Kier molecular flexibility index (Phi) is 3.87. The number of benzene rings is 1. The second-order valence-electron chi connectivity index (χ2n) is 5.01. The maximum Gasteiger partial charge on any atom is 0.227 e. The first kappa shape index (κ1) is 12.9. The van der Waals surface area contributed by atoms with Crippen LogP contribution in [0.4, 0.5) is 0 Å². The molecule has 1 aliphatic heterocycles. The van der Waals surface area contributed by atoms with Crippen molar-refractivity contribution >= 4 is 5.91 Å². The van der Waals surface area contributed by atoms with E-state index >= 15 is 0 Å². The van der Waals surface area contributed by atoms with Gasteiger partial charge in [-0.05, 0) is 19.9 Å². The fourth-order valence-electron chi connectivity index (χ4n) is 2.29. The van der Waals surface area contributed by atoms with Crippen LogP contribution in [0.15, 0.2) is 24.3 Å². The molecule has 1 aliphatic rings. The van der Waals surface area contributed by atoms with Crippen molar-refractivity contribution < 1.29 is 9.90 Å². The van der Waals surface area contributed by atoms with E-state index in [4.69, 9.17) is 0 Å². The summed E-state index contributed by atoms with van der Waals surface area (Å²) in [5.74, 6) is 0.277. The van der Waals surface area contributed by atoms with E-state index in [0.717, 1.165) is 13.1 Å². The molecule has 0 radical (unpaired) electrons. The smallest absolute Gasteiger partial charge is 0.227 e. The van der Waals surface area contributed by atoms with Crippen molar-refractivity contribution in [2.45, 2.75) is 32.4 Å². The average molecular weight is 248 g/mol. The molecule has 1 amide bonds. The van der Waals surface area contributed by atoms with E-state index in [2.05, 4.69) is 12.2 Å². The SMILES string of the molecule is CC1CN(C(=O)Cc2ccccc2O)C(C)CN1. The van der Waals surface area contributed by atoms with Crippen LogP contribution >= 0.6 is 0 Å². The number of nitrogens with zero attached hydrogens (tertiary/aromatic N) is 1. The van der Waals surface area contributed by atoms with Gasteiger partial charge < -0.3 is 15.3 Å². The average Bonchev–Trinajstić information content (AvgIpc) is 2.35. The van der Waals surface area contributed by atoms with Gasteiger partial charge in [-0.2, -0.15) is 0 Å². The lowest BCUT2D eigenvalue weighted by molar-refractivity contribution is -0.133. The summed E-state index contributed by atoms with van der Waals surface area (Å²) in [5.41, 5.74) is 0.695. The maximum absolute atomic E-state index is 12.3. The number of hydrogen-bond donors (Lipinski definition) is 2. The van der Waals surface area contributed by atoms with E-state index in [-0.39, 0.29) is 24.1 Å². The number of nitrogens with one attached hydrogen (secondary N) is 1. The number of aromatic hydroxyl groups is 1. The normalized spacial score (nSPS) is 24.0. The van der Waals surface area contributed by atoms with Crippen LogP contribution in [0.3, 0.4) is 0 Å². The quantitative estimate of drug-likeness (QED) is 0.825. The number of phenolic OH excluding ortho intramolecular Hbond substituents is 1. The first-order valence-electron chi connectivity index (χ1n) is 6.37. The van der Waals surface area contributed by atoms with Crippen molar-refractivity contribution in [3.05, 3.63) is 29.8 Å². The third-order valence-corrected chi connectivity index (χ3v) is 3.42. The molecule has 1 heterocycles. The van der Waals surface area contributed by atoms with Crippen LogP contribution in [0.2, 0.25) is 0 Å². The molecule has 1 fully saturated rings. The van der Waals surface area contributed by atoms with Gasteiger partial charge in [0.1, 0.15) is 5.75 Å². The summed E-state index contributed by atoms with van der Waals surface area (Å²) in [7, 11) is 0. The zero-order valence-electron chi connectivity index (χ0n) is 10.9. The molecule has 0 aromatic heterocycles. The lowest BCUT2D eigenvalue weighted by Crippen LogP contribution is -2.56. The van der Waals surface area contributed by atoms with Crippen LogP contribution < -0.4 is 5.32 Å². The van der Waals surface area contributed by atoms with E-state index in [1.54, 1.807) is 18.2 Å². The Hall–Kier alpha value is -1.55. The van der Waals surface area contributed by atoms with Crippen molar-refractivity contribution in [1.29, 1.82) is 0 Å². The molecule has 0 aliphatic carbocycles. The molecule has 1 aromatic carbocycles. The number of piperazine rings is 1. The van der Waals surface area contributed by atoms with Gasteiger partial charge in [0, 0.05) is 30.7 Å². The third-order valence-electron chi connectivity index (χ3n) is 3.42. The number of para-hydroxylation sites is 1. The standard InChI is InChI=1S/C14H20N2O2/c1-10-9-16(11(2)8-15-10)14(18)7-12-5-3-4-6-13(12)17/h3-6,10-11,15,17H,7-9H2,1-2H3. The Bertz CT molecular complexity index is 434. The Morgan fingerprint density at radius 1 is 1.44 bits per heavy atom. The summed E-state index contributed by atoms with van der Waals surface area (Å²) in [6, 6.07) is 7.55. The Morgan fingerprint density at radius 2 is 2.17 bits per heavy atom.